The number of thiophene rings is 1. The fourth-order valence-electron chi connectivity index (χ4n) is 3.31. The largest absolute Gasteiger partial charge is 0.355 e. The Balaban J connectivity index is 1.52. The van der Waals surface area contributed by atoms with Crippen LogP contribution < -0.4 is 5.32 Å². The van der Waals surface area contributed by atoms with Gasteiger partial charge in [0.1, 0.15) is 11.1 Å². The Morgan fingerprint density at radius 1 is 1.03 bits per heavy atom. The number of hydrogen-bond acceptors (Lipinski definition) is 5. The van der Waals surface area contributed by atoms with E-state index < -0.39 is 0 Å². The van der Waals surface area contributed by atoms with Gasteiger partial charge in [-0.15, -0.1) is 11.3 Å². The molecule has 32 heavy (non-hydrogen) atoms. The maximum absolute atomic E-state index is 12.4. The SMILES string of the molecule is N#Cc1c(-c2ccccc2)cc(-c2cccs2)nc1SCC(=O)NCCc1ccccc1. The molecule has 2 heterocycles. The minimum Gasteiger partial charge on any atom is -0.355 e. The molecule has 0 saturated heterocycles. The van der Waals surface area contributed by atoms with E-state index in [0.29, 0.717) is 17.1 Å². The van der Waals surface area contributed by atoms with Crippen molar-refractivity contribution in [1.82, 2.24) is 10.3 Å². The van der Waals surface area contributed by atoms with E-state index in [1.807, 2.05) is 84.2 Å². The fourth-order valence-corrected chi connectivity index (χ4v) is 4.82. The van der Waals surface area contributed by atoms with E-state index in [2.05, 4.69) is 11.4 Å². The molecule has 1 amide bonds. The average molecular weight is 456 g/mol. The first-order chi connectivity index (χ1) is 15.7. The molecule has 0 spiro atoms. The maximum atomic E-state index is 12.4. The van der Waals surface area contributed by atoms with Crippen molar-refractivity contribution in [3.63, 3.8) is 0 Å². The quantitative estimate of drug-likeness (QED) is 0.341. The number of benzene rings is 2. The van der Waals surface area contributed by atoms with E-state index in [9.17, 15) is 10.1 Å². The first-order valence-corrected chi connectivity index (χ1v) is 12.1. The molecule has 0 aliphatic carbocycles. The van der Waals surface area contributed by atoms with Crippen LogP contribution in [-0.4, -0.2) is 23.2 Å². The minimum atomic E-state index is -0.0700. The summed E-state index contributed by atoms with van der Waals surface area (Å²) in [5, 5.41) is 15.5. The molecule has 0 saturated carbocycles. The monoisotopic (exact) mass is 455 g/mol. The van der Waals surface area contributed by atoms with Crippen molar-refractivity contribution in [1.29, 1.82) is 5.26 Å². The summed E-state index contributed by atoms with van der Waals surface area (Å²) in [7, 11) is 0. The van der Waals surface area contributed by atoms with Crippen molar-refractivity contribution in [2.24, 2.45) is 0 Å². The number of nitrogens with one attached hydrogen (secondary N) is 1. The van der Waals surface area contributed by atoms with E-state index in [1.54, 1.807) is 11.3 Å². The molecule has 0 bridgehead atoms. The number of amides is 1. The summed E-state index contributed by atoms with van der Waals surface area (Å²) < 4.78 is 0. The number of carbonyl (C=O) groups excluding carboxylic acids is 1. The second kappa shape index (κ2) is 10.8. The lowest BCUT2D eigenvalue weighted by atomic mass is 10.0. The van der Waals surface area contributed by atoms with Gasteiger partial charge in [0.15, 0.2) is 0 Å². The minimum absolute atomic E-state index is 0.0700. The molecule has 0 radical (unpaired) electrons. The van der Waals surface area contributed by atoms with Gasteiger partial charge in [-0.25, -0.2) is 4.98 Å². The summed E-state index contributed by atoms with van der Waals surface area (Å²) in [6, 6.07) is 28.2. The number of nitriles is 1. The van der Waals surface area contributed by atoms with Gasteiger partial charge >= 0.3 is 0 Å². The highest BCUT2D eigenvalue weighted by atomic mass is 32.2. The molecule has 2 aromatic carbocycles. The van der Waals surface area contributed by atoms with Gasteiger partial charge in [0.05, 0.1) is 21.9 Å². The summed E-state index contributed by atoms with van der Waals surface area (Å²) in [6.07, 6.45) is 0.783. The molecule has 2 aromatic heterocycles. The molecular formula is C26H21N3OS2. The van der Waals surface area contributed by atoms with Crippen LogP contribution in [0.15, 0.2) is 89.3 Å². The summed E-state index contributed by atoms with van der Waals surface area (Å²) in [6.45, 7) is 0.576. The van der Waals surface area contributed by atoms with Crippen LogP contribution in [0.1, 0.15) is 11.1 Å². The highest BCUT2D eigenvalue weighted by molar-refractivity contribution is 8.00. The molecule has 0 aliphatic rings. The van der Waals surface area contributed by atoms with E-state index >= 15 is 0 Å². The first-order valence-electron chi connectivity index (χ1n) is 10.2. The zero-order valence-corrected chi connectivity index (χ0v) is 19.0. The van der Waals surface area contributed by atoms with Crippen molar-refractivity contribution in [2.75, 3.05) is 12.3 Å². The molecule has 4 aromatic rings. The van der Waals surface area contributed by atoms with E-state index in [1.165, 1.54) is 17.3 Å². The van der Waals surface area contributed by atoms with Crippen molar-refractivity contribution in [3.05, 3.63) is 95.4 Å². The van der Waals surface area contributed by atoms with Gasteiger partial charge in [0.2, 0.25) is 5.91 Å². The van der Waals surface area contributed by atoms with Gasteiger partial charge in [-0.3, -0.25) is 4.79 Å². The zero-order valence-electron chi connectivity index (χ0n) is 17.3. The van der Waals surface area contributed by atoms with Crippen LogP contribution >= 0.6 is 23.1 Å². The molecule has 4 rings (SSSR count). The molecule has 6 heteroatoms. The number of carbonyl (C=O) groups is 1. The number of aromatic nitrogens is 1. The van der Waals surface area contributed by atoms with Crippen LogP contribution in [-0.2, 0) is 11.2 Å². The van der Waals surface area contributed by atoms with Crippen LogP contribution in [0, 0.1) is 11.3 Å². The summed E-state index contributed by atoms with van der Waals surface area (Å²) in [5.41, 5.74) is 4.28. The third-order valence-electron chi connectivity index (χ3n) is 4.88. The average Bonchev–Trinajstić information content (AvgIpc) is 3.38. The van der Waals surface area contributed by atoms with Crippen LogP contribution in [0.3, 0.4) is 0 Å². The lowest BCUT2D eigenvalue weighted by Gasteiger charge is -2.12. The smallest absolute Gasteiger partial charge is 0.230 e. The van der Waals surface area contributed by atoms with Crippen molar-refractivity contribution in [2.45, 2.75) is 11.4 Å². The van der Waals surface area contributed by atoms with Crippen LogP contribution in [0.25, 0.3) is 21.7 Å². The van der Waals surface area contributed by atoms with Crippen LogP contribution in [0.4, 0.5) is 0 Å². The lowest BCUT2D eigenvalue weighted by molar-refractivity contribution is -0.118. The van der Waals surface area contributed by atoms with Gasteiger partial charge in [-0.05, 0) is 35.1 Å². The van der Waals surface area contributed by atoms with Crippen molar-refractivity contribution >= 4 is 29.0 Å². The van der Waals surface area contributed by atoms with E-state index in [4.69, 9.17) is 4.98 Å². The predicted molar refractivity (Wildman–Crippen MR) is 132 cm³/mol. The predicted octanol–water partition coefficient (Wildman–Crippen LogP) is 5.80. The number of thioether (sulfide) groups is 1. The number of nitrogens with zero attached hydrogens (tertiary/aromatic N) is 2. The number of hydrogen-bond donors (Lipinski definition) is 1. The van der Waals surface area contributed by atoms with Gasteiger partial charge in [0, 0.05) is 12.1 Å². The Kier molecular flexibility index (Phi) is 7.34. The maximum Gasteiger partial charge on any atom is 0.230 e. The number of rotatable bonds is 8. The van der Waals surface area contributed by atoms with Crippen LogP contribution in [0.2, 0.25) is 0 Å². The standard InChI is InChI=1S/C26H21N3OS2/c27-17-22-21(20-10-5-2-6-11-20)16-23(24-12-7-15-31-24)29-26(22)32-18-25(30)28-14-13-19-8-3-1-4-9-19/h1-12,15-16H,13-14,18H2,(H,28,30). The highest BCUT2D eigenvalue weighted by Gasteiger charge is 2.17. The van der Waals surface area contributed by atoms with Crippen LogP contribution in [0.5, 0.6) is 0 Å². The normalized spacial score (nSPS) is 10.5. The second-order valence-corrected chi connectivity index (χ2v) is 8.98. The summed E-state index contributed by atoms with van der Waals surface area (Å²) >= 11 is 2.91. The Morgan fingerprint density at radius 2 is 1.78 bits per heavy atom. The fraction of sp³-hybridized carbons (Fsp3) is 0.115. The van der Waals surface area contributed by atoms with Crippen molar-refractivity contribution < 1.29 is 4.79 Å². The van der Waals surface area contributed by atoms with Gasteiger partial charge in [-0.1, -0.05) is 78.5 Å². The van der Waals surface area contributed by atoms with Gasteiger partial charge in [0.25, 0.3) is 0 Å². The molecule has 0 fully saturated rings. The van der Waals surface area contributed by atoms with Gasteiger partial charge in [-0.2, -0.15) is 5.26 Å². The van der Waals surface area contributed by atoms with Gasteiger partial charge < -0.3 is 5.32 Å². The summed E-state index contributed by atoms with van der Waals surface area (Å²) in [5.74, 6) is 0.137. The molecule has 158 valence electrons. The molecule has 0 atom stereocenters. The zero-order chi connectivity index (χ0) is 22.2. The lowest BCUT2D eigenvalue weighted by Crippen LogP contribution is -2.27. The van der Waals surface area contributed by atoms with E-state index in [0.717, 1.165) is 28.1 Å². The molecule has 4 nitrogen and oxygen atoms in total. The Bertz CT molecular complexity index is 1220. The second-order valence-electron chi connectivity index (χ2n) is 7.06. The highest BCUT2D eigenvalue weighted by Crippen LogP contribution is 2.35. The molecule has 1 N–H and O–H groups in total. The first kappa shape index (κ1) is 21.8. The Morgan fingerprint density at radius 3 is 2.47 bits per heavy atom. The molecule has 0 unspecified atom stereocenters. The van der Waals surface area contributed by atoms with E-state index in [-0.39, 0.29) is 11.7 Å². The number of pyridine rings is 1. The Hall–Kier alpha value is -3.40. The third kappa shape index (κ3) is 5.44. The van der Waals surface area contributed by atoms with Crippen molar-refractivity contribution in [3.8, 4) is 27.8 Å². The molecular weight excluding hydrogens is 434 g/mol. The summed E-state index contributed by atoms with van der Waals surface area (Å²) in [4.78, 5) is 18.2. The Labute approximate surface area is 196 Å². The third-order valence-corrected chi connectivity index (χ3v) is 6.74. The topological polar surface area (TPSA) is 65.8 Å². The molecule has 0 aliphatic heterocycles.